The summed E-state index contributed by atoms with van der Waals surface area (Å²) in [4.78, 5) is 18.8. The van der Waals surface area contributed by atoms with Crippen molar-refractivity contribution in [1.82, 2.24) is 9.97 Å². The van der Waals surface area contributed by atoms with Crippen LogP contribution in [0.1, 0.15) is 16.2 Å². The van der Waals surface area contributed by atoms with Gasteiger partial charge in [-0.25, -0.2) is 0 Å². The fourth-order valence-electron chi connectivity index (χ4n) is 2.48. The van der Waals surface area contributed by atoms with Gasteiger partial charge in [0.2, 0.25) is 5.78 Å². The minimum absolute atomic E-state index is 0.0302. The molecule has 0 unspecified atom stereocenters. The first kappa shape index (κ1) is 11.1. The van der Waals surface area contributed by atoms with E-state index in [2.05, 4.69) is 16.0 Å². The number of nitrogens with one attached hydrogen (secondary N) is 2. The van der Waals surface area contributed by atoms with Gasteiger partial charge < -0.3 is 9.97 Å². The molecule has 4 rings (SSSR count). The number of carbonyl (C=O) groups is 1. The van der Waals surface area contributed by atoms with Crippen molar-refractivity contribution < 1.29 is 4.79 Å². The van der Waals surface area contributed by atoms with E-state index in [0.717, 1.165) is 21.8 Å². The van der Waals surface area contributed by atoms with Crippen LogP contribution in [-0.4, -0.2) is 15.8 Å². The molecule has 3 heteroatoms. The van der Waals surface area contributed by atoms with Crippen LogP contribution < -0.4 is 0 Å². The van der Waals surface area contributed by atoms with Crippen molar-refractivity contribution in [2.45, 2.75) is 0 Å². The van der Waals surface area contributed by atoms with Gasteiger partial charge in [0.25, 0.3) is 0 Å². The number of hydrogen-bond donors (Lipinski definition) is 2. The lowest BCUT2D eigenvalue weighted by atomic mass is 10.2. The topological polar surface area (TPSA) is 48.6 Å². The van der Waals surface area contributed by atoms with E-state index in [1.54, 1.807) is 0 Å². The maximum atomic E-state index is 12.5. The van der Waals surface area contributed by atoms with E-state index in [4.69, 9.17) is 0 Å². The summed E-state index contributed by atoms with van der Waals surface area (Å²) in [6, 6.07) is 20.2. The minimum Gasteiger partial charge on any atom is -0.352 e. The van der Waals surface area contributed by atoms with Crippen LogP contribution in [0, 0.1) is 6.07 Å². The van der Waals surface area contributed by atoms with E-state index in [9.17, 15) is 4.79 Å². The molecule has 2 heterocycles. The number of H-pyrrole nitrogens is 2. The first-order valence-corrected chi connectivity index (χ1v) is 6.42. The molecule has 0 aliphatic rings. The molecule has 20 heavy (non-hydrogen) atoms. The second-order valence-corrected chi connectivity index (χ2v) is 4.80. The molecule has 0 saturated heterocycles. The fourth-order valence-corrected chi connectivity index (χ4v) is 2.48. The van der Waals surface area contributed by atoms with Crippen molar-refractivity contribution in [2.24, 2.45) is 0 Å². The van der Waals surface area contributed by atoms with E-state index in [1.165, 1.54) is 0 Å². The average molecular weight is 259 g/mol. The quantitative estimate of drug-likeness (QED) is 0.530. The van der Waals surface area contributed by atoms with Crippen LogP contribution in [0.25, 0.3) is 21.8 Å². The van der Waals surface area contributed by atoms with Crippen LogP contribution in [0.15, 0.2) is 54.6 Å². The zero-order chi connectivity index (χ0) is 13.5. The van der Waals surface area contributed by atoms with E-state index < -0.39 is 0 Å². The third kappa shape index (κ3) is 1.64. The number of hydrogen-bond acceptors (Lipinski definition) is 1. The van der Waals surface area contributed by atoms with Gasteiger partial charge in [0, 0.05) is 21.8 Å². The molecule has 2 aromatic carbocycles. The number of benzene rings is 2. The molecule has 1 radical (unpaired) electrons. The van der Waals surface area contributed by atoms with E-state index in [-0.39, 0.29) is 5.78 Å². The summed E-state index contributed by atoms with van der Waals surface area (Å²) in [5, 5.41) is 2.03. The molecule has 0 aliphatic heterocycles. The predicted octanol–water partition coefficient (Wildman–Crippen LogP) is 3.68. The average Bonchev–Trinajstić information content (AvgIpc) is 3.10. The number of ketones is 1. The SMILES string of the molecule is O=C(c1cc2c[c]ccc2[nH]1)c1cc2ccccc2[nH]1. The highest BCUT2D eigenvalue weighted by molar-refractivity contribution is 6.11. The second-order valence-electron chi connectivity index (χ2n) is 4.80. The molecule has 0 bridgehead atoms. The van der Waals surface area contributed by atoms with Gasteiger partial charge in [0.1, 0.15) is 0 Å². The molecule has 0 aliphatic carbocycles. The van der Waals surface area contributed by atoms with Crippen LogP contribution in [0.2, 0.25) is 0 Å². The smallest absolute Gasteiger partial charge is 0.225 e. The number of carbonyl (C=O) groups excluding carboxylic acids is 1. The van der Waals surface area contributed by atoms with Crippen LogP contribution >= 0.6 is 0 Å². The lowest BCUT2D eigenvalue weighted by Crippen LogP contribution is -2.01. The Labute approximate surface area is 115 Å². The highest BCUT2D eigenvalue weighted by Gasteiger charge is 2.14. The third-order valence-electron chi connectivity index (χ3n) is 3.48. The van der Waals surface area contributed by atoms with Crippen molar-refractivity contribution in [3.63, 3.8) is 0 Å². The van der Waals surface area contributed by atoms with Crippen molar-refractivity contribution in [1.29, 1.82) is 0 Å². The van der Waals surface area contributed by atoms with Gasteiger partial charge >= 0.3 is 0 Å². The van der Waals surface area contributed by atoms with E-state index in [0.29, 0.717) is 11.4 Å². The van der Waals surface area contributed by atoms with Crippen molar-refractivity contribution in [2.75, 3.05) is 0 Å². The van der Waals surface area contributed by atoms with Crippen molar-refractivity contribution in [3.05, 3.63) is 72.1 Å². The summed E-state index contributed by atoms with van der Waals surface area (Å²) >= 11 is 0. The molecule has 0 fully saturated rings. The summed E-state index contributed by atoms with van der Waals surface area (Å²) in [6.45, 7) is 0. The Hall–Kier alpha value is -2.81. The molecule has 95 valence electrons. The Bertz CT molecular complexity index is 788. The van der Waals surface area contributed by atoms with Gasteiger partial charge in [0.05, 0.1) is 11.4 Å². The number of para-hydroxylation sites is 1. The summed E-state index contributed by atoms with van der Waals surface area (Å²) in [5.41, 5.74) is 3.11. The van der Waals surface area contributed by atoms with E-state index >= 15 is 0 Å². The van der Waals surface area contributed by atoms with Gasteiger partial charge in [-0.3, -0.25) is 4.79 Å². The van der Waals surface area contributed by atoms with Crippen molar-refractivity contribution in [3.8, 4) is 0 Å². The van der Waals surface area contributed by atoms with Gasteiger partial charge in [0.15, 0.2) is 0 Å². The normalized spacial score (nSPS) is 11.2. The Kier molecular flexibility index (Phi) is 2.27. The zero-order valence-corrected chi connectivity index (χ0v) is 10.6. The fraction of sp³-hybridized carbons (Fsp3) is 0. The molecule has 4 aromatic rings. The Balaban J connectivity index is 1.82. The Morgan fingerprint density at radius 2 is 1.60 bits per heavy atom. The van der Waals surface area contributed by atoms with E-state index in [1.807, 2.05) is 54.6 Å². The minimum atomic E-state index is -0.0302. The van der Waals surface area contributed by atoms with Crippen LogP contribution in [0.3, 0.4) is 0 Å². The predicted molar refractivity (Wildman–Crippen MR) is 78.9 cm³/mol. The van der Waals surface area contributed by atoms with Gasteiger partial charge in [-0.1, -0.05) is 24.3 Å². The summed E-state index contributed by atoms with van der Waals surface area (Å²) < 4.78 is 0. The Morgan fingerprint density at radius 1 is 0.900 bits per heavy atom. The molecule has 2 aromatic heterocycles. The third-order valence-corrected chi connectivity index (χ3v) is 3.48. The van der Waals surface area contributed by atoms with Crippen LogP contribution in [0.4, 0.5) is 0 Å². The molecule has 3 nitrogen and oxygen atoms in total. The summed E-state index contributed by atoms with van der Waals surface area (Å²) in [5.74, 6) is -0.0302. The summed E-state index contributed by atoms with van der Waals surface area (Å²) in [6.07, 6.45) is 0. The van der Waals surface area contributed by atoms with Crippen LogP contribution in [0.5, 0.6) is 0 Å². The van der Waals surface area contributed by atoms with Gasteiger partial charge in [-0.2, -0.15) is 0 Å². The number of aromatic amines is 2. The largest absolute Gasteiger partial charge is 0.352 e. The molecular formula is C17H11N2O. The summed E-state index contributed by atoms with van der Waals surface area (Å²) in [7, 11) is 0. The maximum absolute atomic E-state index is 12.5. The van der Waals surface area contributed by atoms with Crippen molar-refractivity contribution >= 4 is 27.6 Å². The molecule has 2 N–H and O–H groups in total. The number of aromatic nitrogens is 2. The Morgan fingerprint density at radius 3 is 2.35 bits per heavy atom. The first-order valence-electron chi connectivity index (χ1n) is 6.42. The zero-order valence-electron chi connectivity index (χ0n) is 10.6. The molecule has 0 amide bonds. The molecule has 0 atom stereocenters. The lowest BCUT2D eigenvalue weighted by molar-refractivity contribution is 0.103. The number of rotatable bonds is 2. The van der Waals surface area contributed by atoms with Crippen LogP contribution in [-0.2, 0) is 0 Å². The molecule has 0 spiro atoms. The van der Waals surface area contributed by atoms with Gasteiger partial charge in [-0.15, -0.1) is 0 Å². The standard InChI is InChI=1S/C17H11N2O/c20-17(15-9-11-5-1-3-7-13(11)18-15)16-10-12-6-2-4-8-14(12)19-16/h1,3-10,18-19H. The monoisotopic (exact) mass is 259 g/mol. The highest BCUT2D eigenvalue weighted by atomic mass is 16.1. The maximum Gasteiger partial charge on any atom is 0.225 e. The molecule has 0 saturated carbocycles. The highest BCUT2D eigenvalue weighted by Crippen LogP contribution is 2.20. The lowest BCUT2D eigenvalue weighted by Gasteiger charge is -1.93. The molecular weight excluding hydrogens is 248 g/mol. The first-order chi connectivity index (χ1) is 9.81. The second kappa shape index (κ2) is 4.10. The number of fused-ring (bicyclic) bond motifs is 2. The van der Waals surface area contributed by atoms with Gasteiger partial charge in [-0.05, 0) is 36.4 Å².